The highest BCUT2D eigenvalue weighted by molar-refractivity contribution is 6.35. The fraction of sp³-hybridized carbons (Fsp3) is 0.120. The lowest BCUT2D eigenvalue weighted by atomic mass is 9.95. The summed E-state index contributed by atoms with van der Waals surface area (Å²) in [7, 11) is 1.61. The molecule has 0 saturated carbocycles. The molecule has 0 bridgehead atoms. The summed E-state index contributed by atoms with van der Waals surface area (Å²) < 4.78 is 6.91. The quantitative estimate of drug-likeness (QED) is 0.366. The number of ether oxygens (including phenoxy) is 1. The molecule has 35 heavy (non-hydrogen) atoms. The number of aromatic nitrogens is 4. The molecular weight excluding hydrogens is 487 g/mol. The average Bonchev–Trinajstić information content (AvgIpc) is 3.28. The number of rotatable bonds is 5. The molecule has 4 aromatic rings. The Morgan fingerprint density at radius 3 is 2.63 bits per heavy atom. The van der Waals surface area contributed by atoms with Crippen molar-refractivity contribution in [2.75, 3.05) is 17.7 Å². The molecule has 2 N–H and O–H groups in total. The Morgan fingerprint density at radius 2 is 1.94 bits per heavy atom. The van der Waals surface area contributed by atoms with Gasteiger partial charge in [-0.2, -0.15) is 4.98 Å². The summed E-state index contributed by atoms with van der Waals surface area (Å²) in [6.45, 7) is 1.82. The number of anilines is 2. The Balaban J connectivity index is 1.61. The van der Waals surface area contributed by atoms with E-state index in [1.807, 2.05) is 31.2 Å². The highest BCUT2D eigenvalue weighted by Crippen LogP contribution is 2.40. The van der Waals surface area contributed by atoms with Gasteiger partial charge in [0, 0.05) is 33.1 Å². The number of amides is 1. The fourth-order valence-corrected chi connectivity index (χ4v) is 4.47. The minimum atomic E-state index is -0.646. The molecule has 10 heteroatoms. The Labute approximate surface area is 211 Å². The van der Waals surface area contributed by atoms with Crippen molar-refractivity contribution in [3.05, 3.63) is 93.9 Å². The van der Waals surface area contributed by atoms with Crippen LogP contribution in [0.1, 0.15) is 18.5 Å². The van der Waals surface area contributed by atoms with Crippen molar-refractivity contribution in [1.82, 2.24) is 19.7 Å². The Hall–Kier alpha value is -3.88. The molecule has 0 fully saturated rings. The number of nitrogens with zero attached hydrogens (tertiary/aromatic N) is 4. The molecule has 0 spiro atoms. The van der Waals surface area contributed by atoms with Crippen LogP contribution in [0.4, 0.5) is 11.6 Å². The number of pyridine rings is 1. The summed E-state index contributed by atoms with van der Waals surface area (Å²) in [4.78, 5) is 22.3. The summed E-state index contributed by atoms with van der Waals surface area (Å²) in [5, 5.41) is 11.8. The second kappa shape index (κ2) is 9.40. The zero-order valence-corrected chi connectivity index (χ0v) is 20.3. The highest BCUT2D eigenvalue weighted by Gasteiger charge is 2.35. The molecular formula is C25H20Cl2N6O2. The number of halogens is 2. The van der Waals surface area contributed by atoms with E-state index >= 15 is 0 Å². The molecule has 1 unspecified atom stereocenters. The normalized spacial score (nSPS) is 14.8. The molecule has 0 saturated heterocycles. The number of carbonyl (C=O) groups is 1. The first-order chi connectivity index (χ1) is 16.9. The maximum absolute atomic E-state index is 13.5. The molecule has 8 nitrogen and oxygen atoms in total. The maximum Gasteiger partial charge on any atom is 0.255 e. The van der Waals surface area contributed by atoms with E-state index in [2.05, 4.69) is 20.6 Å². The van der Waals surface area contributed by atoms with Gasteiger partial charge >= 0.3 is 0 Å². The molecule has 0 aliphatic carbocycles. The predicted molar refractivity (Wildman–Crippen MR) is 136 cm³/mol. The van der Waals surface area contributed by atoms with Gasteiger partial charge in [-0.3, -0.25) is 9.78 Å². The minimum absolute atomic E-state index is 0.314. The smallest absolute Gasteiger partial charge is 0.255 e. The van der Waals surface area contributed by atoms with Crippen LogP contribution in [-0.4, -0.2) is 32.8 Å². The second-order valence-corrected chi connectivity index (χ2v) is 8.70. The van der Waals surface area contributed by atoms with Crippen LogP contribution in [0.3, 0.4) is 0 Å². The third kappa shape index (κ3) is 4.45. The largest absolute Gasteiger partial charge is 0.497 e. The summed E-state index contributed by atoms with van der Waals surface area (Å²) in [5.41, 5.74) is 3.11. The van der Waals surface area contributed by atoms with E-state index in [1.54, 1.807) is 54.5 Å². The van der Waals surface area contributed by atoms with E-state index in [0.717, 1.165) is 11.3 Å². The number of fused-ring (bicyclic) bond motifs is 1. The van der Waals surface area contributed by atoms with Crippen LogP contribution in [0.2, 0.25) is 10.0 Å². The molecule has 0 radical (unpaired) electrons. The first-order valence-corrected chi connectivity index (χ1v) is 11.5. The second-order valence-electron chi connectivity index (χ2n) is 7.86. The van der Waals surface area contributed by atoms with Crippen LogP contribution in [0.15, 0.2) is 78.3 Å². The van der Waals surface area contributed by atoms with Crippen LogP contribution in [-0.2, 0) is 4.79 Å². The lowest BCUT2D eigenvalue weighted by Crippen LogP contribution is -2.31. The van der Waals surface area contributed by atoms with E-state index in [-0.39, 0.29) is 5.91 Å². The van der Waals surface area contributed by atoms with Crippen LogP contribution >= 0.6 is 23.2 Å². The Kier molecular flexibility index (Phi) is 6.15. The Bertz CT molecular complexity index is 1430. The van der Waals surface area contributed by atoms with Crippen molar-refractivity contribution in [3.63, 3.8) is 0 Å². The summed E-state index contributed by atoms with van der Waals surface area (Å²) in [6.07, 6.45) is 3.22. The molecule has 176 valence electrons. The van der Waals surface area contributed by atoms with Gasteiger partial charge in [-0.15, -0.1) is 5.10 Å². The van der Waals surface area contributed by atoms with Gasteiger partial charge in [-0.25, -0.2) is 4.68 Å². The lowest BCUT2D eigenvalue weighted by molar-refractivity contribution is -0.113. The maximum atomic E-state index is 13.5. The zero-order valence-electron chi connectivity index (χ0n) is 18.8. The first-order valence-electron chi connectivity index (χ1n) is 10.7. The van der Waals surface area contributed by atoms with Crippen LogP contribution in [0.5, 0.6) is 5.75 Å². The van der Waals surface area contributed by atoms with Gasteiger partial charge in [-0.1, -0.05) is 29.3 Å². The number of methoxy groups -OCH3 is 1. The summed E-state index contributed by atoms with van der Waals surface area (Å²) in [6, 6.07) is 15.5. The predicted octanol–water partition coefficient (Wildman–Crippen LogP) is 5.58. The van der Waals surface area contributed by atoms with E-state index in [0.29, 0.717) is 44.3 Å². The molecule has 2 aromatic heterocycles. The van der Waals surface area contributed by atoms with Crippen molar-refractivity contribution >= 4 is 40.7 Å². The number of hydrogen-bond acceptors (Lipinski definition) is 6. The standard InChI is InChI=1S/C25H20Cl2N6O2/c1-14-21(24(34)30-17-4-3-11-28-13-17)22(19-10-7-16(26)12-20(19)27)33-25(29-14)31-23(32-33)15-5-8-18(35-2)9-6-15/h3-13,22H,1-2H3,(H,30,34)(H,29,31,32). The van der Waals surface area contributed by atoms with Crippen LogP contribution in [0.25, 0.3) is 11.4 Å². The van der Waals surface area contributed by atoms with E-state index in [1.165, 1.54) is 0 Å². The van der Waals surface area contributed by atoms with Gasteiger partial charge in [0.1, 0.15) is 11.8 Å². The fourth-order valence-electron chi connectivity index (χ4n) is 3.95. The first kappa shape index (κ1) is 22.9. The van der Waals surface area contributed by atoms with E-state index < -0.39 is 6.04 Å². The molecule has 1 aliphatic heterocycles. The van der Waals surface area contributed by atoms with Gasteiger partial charge in [-0.05, 0) is 55.5 Å². The van der Waals surface area contributed by atoms with Crippen molar-refractivity contribution in [1.29, 1.82) is 0 Å². The van der Waals surface area contributed by atoms with E-state index in [9.17, 15) is 4.79 Å². The monoisotopic (exact) mass is 506 g/mol. The molecule has 5 rings (SSSR count). The number of hydrogen-bond donors (Lipinski definition) is 2. The SMILES string of the molecule is COc1ccc(-c2nc3n(n2)C(c2ccc(Cl)cc2Cl)C(C(=O)Nc2cccnc2)=C(C)N3)cc1. The van der Waals surface area contributed by atoms with Crippen molar-refractivity contribution in [2.24, 2.45) is 0 Å². The molecule has 2 aromatic carbocycles. The molecule has 1 amide bonds. The van der Waals surface area contributed by atoms with Gasteiger partial charge in [0.25, 0.3) is 5.91 Å². The molecule has 1 aliphatic rings. The van der Waals surface area contributed by atoms with Crippen LogP contribution < -0.4 is 15.4 Å². The molecule has 1 atom stereocenters. The topological polar surface area (TPSA) is 94.0 Å². The average molecular weight is 507 g/mol. The van der Waals surface area contributed by atoms with Gasteiger partial charge in [0.05, 0.1) is 24.6 Å². The zero-order chi connectivity index (χ0) is 24.5. The third-order valence-electron chi connectivity index (χ3n) is 5.62. The van der Waals surface area contributed by atoms with Gasteiger partial charge in [0.15, 0.2) is 5.82 Å². The lowest BCUT2D eigenvalue weighted by Gasteiger charge is -2.29. The van der Waals surface area contributed by atoms with Crippen LogP contribution in [0, 0.1) is 0 Å². The molecule has 3 heterocycles. The minimum Gasteiger partial charge on any atom is -0.497 e. The number of nitrogens with one attached hydrogen (secondary N) is 2. The number of benzene rings is 2. The summed E-state index contributed by atoms with van der Waals surface area (Å²) >= 11 is 12.8. The third-order valence-corrected chi connectivity index (χ3v) is 6.18. The van der Waals surface area contributed by atoms with Crippen molar-refractivity contribution in [3.8, 4) is 17.1 Å². The van der Waals surface area contributed by atoms with Gasteiger partial charge in [0.2, 0.25) is 5.95 Å². The highest BCUT2D eigenvalue weighted by atomic mass is 35.5. The van der Waals surface area contributed by atoms with E-state index in [4.69, 9.17) is 33.0 Å². The number of allylic oxidation sites excluding steroid dienone is 1. The van der Waals surface area contributed by atoms with Crippen molar-refractivity contribution in [2.45, 2.75) is 13.0 Å². The van der Waals surface area contributed by atoms with Gasteiger partial charge < -0.3 is 15.4 Å². The number of carbonyl (C=O) groups excluding carboxylic acids is 1. The Morgan fingerprint density at radius 1 is 1.14 bits per heavy atom. The summed E-state index contributed by atoms with van der Waals surface area (Å²) in [5.74, 6) is 1.40. The van der Waals surface area contributed by atoms with Crippen molar-refractivity contribution < 1.29 is 9.53 Å².